The molecule has 0 heterocycles. The molecule has 0 spiro atoms. The van der Waals surface area contributed by atoms with Crippen molar-refractivity contribution in [1.82, 2.24) is 0 Å². The van der Waals surface area contributed by atoms with Crippen LogP contribution in [0, 0.1) is 41.4 Å². The molecule has 1 amide bonds. The van der Waals surface area contributed by atoms with Crippen molar-refractivity contribution in [2.24, 2.45) is 41.4 Å². The Hall–Kier alpha value is -2.63. The van der Waals surface area contributed by atoms with Gasteiger partial charge in [-0.25, -0.2) is 4.79 Å². The van der Waals surface area contributed by atoms with Crippen LogP contribution in [0.1, 0.15) is 30.6 Å². The van der Waals surface area contributed by atoms with Crippen molar-refractivity contribution in [3.05, 3.63) is 42.0 Å². The number of anilines is 1. The average Bonchev–Trinajstić information content (AvgIpc) is 3.48. The van der Waals surface area contributed by atoms with E-state index in [1.54, 1.807) is 24.3 Å². The summed E-state index contributed by atoms with van der Waals surface area (Å²) in [5.74, 6) is -1.67. The molecule has 28 heavy (non-hydrogen) atoms. The first-order valence-electron chi connectivity index (χ1n) is 9.86. The molecule has 148 valence electrons. The van der Waals surface area contributed by atoms with Crippen LogP contribution in [0.15, 0.2) is 36.4 Å². The van der Waals surface area contributed by atoms with Crippen molar-refractivity contribution in [3.8, 4) is 0 Å². The van der Waals surface area contributed by atoms with Crippen molar-refractivity contribution in [3.63, 3.8) is 0 Å². The average molecular weight is 383 g/mol. The highest BCUT2D eigenvalue weighted by atomic mass is 16.5. The highest BCUT2D eigenvalue weighted by Gasteiger charge is 2.62. The van der Waals surface area contributed by atoms with Crippen molar-refractivity contribution in [2.45, 2.75) is 20.3 Å². The summed E-state index contributed by atoms with van der Waals surface area (Å²) in [5, 5.41) is 12.6. The van der Waals surface area contributed by atoms with E-state index in [-0.39, 0.29) is 23.7 Å². The standard InChI is InChI=1S/C22H25NO5/c1-11(2)10-28-22(27)12-3-5-13(6-4-12)23-20(24)18-14-7-8-15(17-9-16(14)17)19(18)21(25)26/h3-8,11,14-19H,9-10H2,1-2H3,(H,23,24)(H,25,26)/t14-,15-,16+,17-,18+,19+/m0/s1. The molecule has 6 heteroatoms. The second kappa shape index (κ2) is 7.08. The van der Waals surface area contributed by atoms with E-state index in [2.05, 4.69) is 5.32 Å². The number of rotatable bonds is 6. The molecule has 4 aliphatic rings. The van der Waals surface area contributed by atoms with Crippen LogP contribution in [-0.2, 0) is 14.3 Å². The number of hydrogen-bond acceptors (Lipinski definition) is 4. The predicted molar refractivity (Wildman–Crippen MR) is 103 cm³/mol. The van der Waals surface area contributed by atoms with E-state index >= 15 is 0 Å². The van der Waals surface area contributed by atoms with Crippen molar-refractivity contribution in [1.29, 1.82) is 0 Å². The summed E-state index contributed by atoms with van der Waals surface area (Å²) < 4.78 is 5.20. The molecule has 0 aliphatic heterocycles. The van der Waals surface area contributed by atoms with Gasteiger partial charge >= 0.3 is 11.9 Å². The van der Waals surface area contributed by atoms with Crippen molar-refractivity contribution in [2.75, 3.05) is 11.9 Å². The summed E-state index contributed by atoms with van der Waals surface area (Å²) in [6.45, 7) is 4.29. The summed E-state index contributed by atoms with van der Waals surface area (Å²) in [4.78, 5) is 36.8. The molecular formula is C22H25NO5. The van der Waals surface area contributed by atoms with Crippen molar-refractivity contribution < 1.29 is 24.2 Å². The number of carbonyl (C=O) groups excluding carboxylic acids is 2. The highest BCUT2D eigenvalue weighted by molar-refractivity contribution is 5.97. The summed E-state index contributed by atoms with van der Waals surface area (Å²) >= 11 is 0. The lowest BCUT2D eigenvalue weighted by Gasteiger charge is -2.41. The molecule has 0 saturated heterocycles. The molecular weight excluding hydrogens is 358 g/mol. The predicted octanol–water partition coefficient (Wildman–Crippen LogP) is 3.21. The number of hydrogen-bond donors (Lipinski definition) is 2. The molecule has 2 saturated carbocycles. The van der Waals surface area contributed by atoms with Gasteiger partial charge < -0.3 is 15.2 Å². The van der Waals surface area contributed by atoms with E-state index in [1.165, 1.54) is 0 Å². The van der Waals surface area contributed by atoms with Crippen LogP contribution in [0.25, 0.3) is 0 Å². The Morgan fingerprint density at radius 1 is 1.07 bits per heavy atom. The van der Waals surface area contributed by atoms with Gasteiger partial charge in [-0.2, -0.15) is 0 Å². The molecule has 2 N–H and O–H groups in total. The summed E-state index contributed by atoms with van der Waals surface area (Å²) in [6, 6.07) is 6.51. The number of carbonyl (C=O) groups is 3. The van der Waals surface area contributed by atoms with Gasteiger partial charge in [0.2, 0.25) is 5.91 Å². The summed E-state index contributed by atoms with van der Waals surface area (Å²) in [6.07, 6.45) is 5.05. The van der Waals surface area contributed by atoms with Crippen LogP contribution in [0.4, 0.5) is 5.69 Å². The van der Waals surface area contributed by atoms with E-state index in [0.717, 1.165) is 6.42 Å². The van der Waals surface area contributed by atoms with Gasteiger partial charge in [0.05, 0.1) is 24.0 Å². The molecule has 1 aromatic carbocycles. The molecule has 0 radical (unpaired) electrons. The Bertz CT molecular complexity index is 828. The third-order valence-electron chi connectivity index (χ3n) is 6.18. The molecule has 1 aromatic rings. The zero-order valence-corrected chi connectivity index (χ0v) is 16.0. The third kappa shape index (κ3) is 3.32. The second-order valence-corrected chi connectivity index (χ2v) is 8.55. The minimum absolute atomic E-state index is 0.00128. The van der Waals surface area contributed by atoms with Crippen LogP contribution in [-0.4, -0.2) is 29.6 Å². The van der Waals surface area contributed by atoms with Crippen LogP contribution in [0.5, 0.6) is 0 Å². The van der Waals surface area contributed by atoms with Gasteiger partial charge in [0.1, 0.15) is 0 Å². The van der Waals surface area contributed by atoms with Crippen LogP contribution >= 0.6 is 0 Å². The molecule has 0 unspecified atom stereocenters. The topological polar surface area (TPSA) is 92.7 Å². The molecule has 6 atom stereocenters. The Balaban J connectivity index is 1.44. The number of allylic oxidation sites excluding steroid dienone is 2. The lowest BCUT2D eigenvalue weighted by Crippen LogP contribution is -2.48. The zero-order chi connectivity index (χ0) is 20.0. The first kappa shape index (κ1) is 18.7. The molecule has 2 fully saturated rings. The van der Waals surface area contributed by atoms with Gasteiger partial charge in [-0.15, -0.1) is 0 Å². The molecule has 5 rings (SSSR count). The number of nitrogens with one attached hydrogen (secondary N) is 1. The van der Waals surface area contributed by atoms with Crippen LogP contribution in [0.2, 0.25) is 0 Å². The van der Waals surface area contributed by atoms with Gasteiger partial charge in [0, 0.05) is 5.69 Å². The Morgan fingerprint density at radius 2 is 1.68 bits per heavy atom. The smallest absolute Gasteiger partial charge is 0.338 e. The van der Waals surface area contributed by atoms with Gasteiger partial charge in [0.25, 0.3) is 0 Å². The van der Waals surface area contributed by atoms with Gasteiger partial charge in [-0.3, -0.25) is 9.59 Å². The maximum atomic E-state index is 12.9. The number of carboxylic acid groups (broad SMARTS) is 1. The normalized spacial score (nSPS) is 32.0. The first-order chi connectivity index (χ1) is 13.4. The number of esters is 1. The quantitative estimate of drug-likeness (QED) is 0.581. The lowest BCUT2D eigenvalue weighted by atomic mass is 9.62. The summed E-state index contributed by atoms with van der Waals surface area (Å²) in [7, 11) is 0. The number of aliphatic carboxylic acids is 1. The highest BCUT2D eigenvalue weighted by Crippen LogP contribution is 2.63. The van der Waals surface area contributed by atoms with Gasteiger partial charge in [0.15, 0.2) is 0 Å². The molecule has 0 aromatic heterocycles. The monoisotopic (exact) mass is 383 g/mol. The number of benzene rings is 1. The lowest BCUT2D eigenvalue weighted by molar-refractivity contribution is -0.152. The van der Waals surface area contributed by atoms with Crippen LogP contribution in [0.3, 0.4) is 0 Å². The molecule has 6 nitrogen and oxygen atoms in total. The van der Waals surface area contributed by atoms with E-state index in [9.17, 15) is 19.5 Å². The fourth-order valence-electron chi connectivity index (χ4n) is 4.81. The van der Waals surface area contributed by atoms with E-state index in [1.807, 2.05) is 26.0 Å². The maximum Gasteiger partial charge on any atom is 0.338 e. The maximum absolute atomic E-state index is 12.9. The Labute approximate surface area is 164 Å². The van der Waals surface area contributed by atoms with Gasteiger partial charge in [-0.05, 0) is 60.3 Å². The van der Waals surface area contributed by atoms with E-state index < -0.39 is 23.8 Å². The number of fused-ring (bicyclic) bond motifs is 1. The Kier molecular flexibility index (Phi) is 4.73. The SMILES string of the molecule is CC(C)COC(=O)c1ccc(NC(=O)[C@@H]2[C@H]3C=C[C@@H]([C@@H]4C[C@H]34)[C@H]2C(=O)O)cc1. The van der Waals surface area contributed by atoms with Crippen molar-refractivity contribution >= 4 is 23.5 Å². The molecule has 2 bridgehead atoms. The third-order valence-corrected chi connectivity index (χ3v) is 6.18. The molecule has 4 aliphatic carbocycles. The second-order valence-electron chi connectivity index (χ2n) is 8.55. The number of carboxylic acids is 1. The minimum Gasteiger partial charge on any atom is -0.481 e. The largest absolute Gasteiger partial charge is 0.481 e. The minimum atomic E-state index is -0.895. The first-order valence-corrected chi connectivity index (χ1v) is 9.86. The fraction of sp³-hybridized carbons (Fsp3) is 0.500. The van der Waals surface area contributed by atoms with Gasteiger partial charge in [-0.1, -0.05) is 26.0 Å². The number of amides is 1. The zero-order valence-electron chi connectivity index (χ0n) is 16.0. The van der Waals surface area contributed by atoms with Crippen LogP contribution < -0.4 is 5.32 Å². The summed E-state index contributed by atoms with van der Waals surface area (Å²) in [5.41, 5.74) is 0.967. The fourth-order valence-corrected chi connectivity index (χ4v) is 4.81. The Morgan fingerprint density at radius 3 is 2.25 bits per heavy atom. The van der Waals surface area contributed by atoms with E-state index in [4.69, 9.17) is 4.74 Å². The van der Waals surface area contributed by atoms with E-state index in [0.29, 0.717) is 29.7 Å². The number of ether oxygens (including phenoxy) is 1.